The first-order valence-electron chi connectivity index (χ1n) is 4.99. The molecule has 0 amide bonds. The van der Waals surface area contributed by atoms with Gasteiger partial charge in [0.15, 0.2) is 0 Å². The smallest absolute Gasteiger partial charge is 0.256 e. The molecule has 0 atom stereocenters. The van der Waals surface area contributed by atoms with E-state index >= 15 is 0 Å². The van der Waals surface area contributed by atoms with Crippen molar-refractivity contribution in [1.82, 2.24) is 4.57 Å². The van der Waals surface area contributed by atoms with Crippen LogP contribution < -0.4 is 5.56 Å². The van der Waals surface area contributed by atoms with E-state index < -0.39 is 0 Å². The standard InChI is InChI=1S/C11H17NO3/c1-9-4-5-10(8-13)11(14)12(9)6-3-7-15-2/h4-5,13H,3,6-8H2,1-2H3. The Morgan fingerprint density at radius 1 is 1.47 bits per heavy atom. The Hall–Kier alpha value is -1.13. The van der Waals surface area contributed by atoms with Crippen molar-refractivity contribution in [3.05, 3.63) is 33.7 Å². The summed E-state index contributed by atoms with van der Waals surface area (Å²) in [6.07, 6.45) is 0.798. The van der Waals surface area contributed by atoms with Crippen molar-refractivity contribution in [2.45, 2.75) is 26.5 Å². The van der Waals surface area contributed by atoms with Crippen LogP contribution in [0, 0.1) is 6.92 Å². The van der Waals surface area contributed by atoms with Crippen molar-refractivity contribution in [3.8, 4) is 0 Å². The fourth-order valence-electron chi connectivity index (χ4n) is 1.48. The maximum Gasteiger partial charge on any atom is 0.256 e. The molecule has 0 fully saturated rings. The van der Waals surface area contributed by atoms with Gasteiger partial charge in [0.05, 0.1) is 6.61 Å². The van der Waals surface area contributed by atoms with Crippen molar-refractivity contribution in [3.63, 3.8) is 0 Å². The first-order valence-corrected chi connectivity index (χ1v) is 4.99. The third-order valence-electron chi connectivity index (χ3n) is 2.37. The Balaban J connectivity index is 2.89. The molecule has 4 heteroatoms. The molecule has 0 aromatic carbocycles. The number of nitrogens with zero attached hydrogens (tertiary/aromatic N) is 1. The largest absolute Gasteiger partial charge is 0.391 e. The quantitative estimate of drug-likeness (QED) is 0.729. The van der Waals surface area contributed by atoms with Crippen LogP contribution in [0.2, 0.25) is 0 Å². The van der Waals surface area contributed by atoms with Gasteiger partial charge in [0.1, 0.15) is 0 Å². The molecule has 0 aliphatic rings. The third-order valence-corrected chi connectivity index (χ3v) is 2.37. The summed E-state index contributed by atoms with van der Waals surface area (Å²) in [6.45, 7) is 2.94. The van der Waals surface area contributed by atoms with Gasteiger partial charge in [-0.25, -0.2) is 0 Å². The zero-order chi connectivity index (χ0) is 11.3. The number of aromatic nitrogens is 1. The lowest BCUT2D eigenvalue weighted by Gasteiger charge is -2.10. The molecule has 0 aliphatic carbocycles. The molecule has 0 bridgehead atoms. The molecule has 84 valence electrons. The maximum absolute atomic E-state index is 11.8. The fourth-order valence-corrected chi connectivity index (χ4v) is 1.48. The maximum atomic E-state index is 11.8. The molecular formula is C11H17NO3. The molecule has 1 aromatic heterocycles. The highest BCUT2D eigenvalue weighted by molar-refractivity contribution is 5.14. The molecule has 0 aliphatic heterocycles. The highest BCUT2D eigenvalue weighted by Gasteiger charge is 2.04. The van der Waals surface area contributed by atoms with E-state index in [2.05, 4.69) is 0 Å². The van der Waals surface area contributed by atoms with E-state index in [9.17, 15) is 4.79 Å². The van der Waals surface area contributed by atoms with Crippen LogP contribution in [0.1, 0.15) is 17.7 Å². The number of aliphatic hydroxyl groups is 1. The molecule has 1 rings (SSSR count). The number of methoxy groups -OCH3 is 1. The first kappa shape index (κ1) is 11.9. The van der Waals surface area contributed by atoms with Gasteiger partial charge in [0.2, 0.25) is 0 Å². The Labute approximate surface area is 89.1 Å². The molecule has 4 nitrogen and oxygen atoms in total. The summed E-state index contributed by atoms with van der Waals surface area (Å²) in [5, 5.41) is 8.97. The van der Waals surface area contributed by atoms with Crippen LogP contribution >= 0.6 is 0 Å². The van der Waals surface area contributed by atoms with E-state index in [4.69, 9.17) is 9.84 Å². The predicted molar refractivity (Wildman–Crippen MR) is 57.9 cm³/mol. The van der Waals surface area contributed by atoms with Gasteiger partial charge in [-0.1, -0.05) is 0 Å². The van der Waals surface area contributed by atoms with Crippen LogP contribution in [0.3, 0.4) is 0 Å². The minimum Gasteiger partial charge on any atom is -0.391 e. The first-order chi connectivity index (χ1) is 7.20. The summed E-state index contributed by atoms with van der Waals surface area (Å²) in [4.78, 5) is 11.8. The summed E-state index contributed by atoms with van der Waals surface area (Å²) in [7, 11) is 1.64. The Bertz CT molecular complexity index is 371. The Morgan fingerprint density at radius 2 is 2.20 bits per heavy atom. The lowest BCUT2D eigenvalue weighted by Crippen LogP contribution is -2.26. The van der Waals surface area contributed by atoms with Crippen LogP contribution in [0.4, 0.5) is 0 Å². The summed E-state index contributed by atoms with van der Waals surface area (Å²) in [6, 6.07) is 3.52. The van der Waals surface area contributed by atoms with Gasteiger partial charge < -0.3 is 14.4 Å². The molecular weight excluding hydrogens is 194 g/mol. The van der Waals surface area contributed by atoms with Crippen molar-refractivity contribution in [1.29, 1.82) is 0 Å². The summed E-state index contributed by atoms with van der Waals surface area (Å²) >= 11 is 0. The average Bonchev–Trinajstić information content (AvgIpc) is 2.23. The van der Waals surface area contributed by atoms with E-state index in [0.717, 1.165) is 12.1 Å². The Kier molecular flexibility index (Phi) is 4.52. The summed E-state index contributed by atoms with van der Waals surface area (Å²) in [5.74, 6) is 0. The highest BCUT2D eigenvalue weighted by Crippen LogP contribution is 2.00. The van der Waals surface area contributed by atoms with Crippen LogP contribution in [-0.2, 0) is 17.9 Å². The molecule has 1 N–H and O–H groups in total. The van der Waals surface area contributed by atoms with Gasteiger partial charge in [-0.3, -0.25) is 4.79 Å². The summed E-state index contributed by atoms with van der Waals surface area (Å²) in [5.41, 5.74) is 1.25. The molecule has 1 aromatic rings. The van der Waals surface area contributed by atoms with Crippen molar-refractivity contribution in [2.75, 3.05) is 13.7 Å². The van der Waals surface area contributed by atoms with E-state index in [1.54, 1.807) is 17.7 Å². The number of rotatable bonds is 5. The fraction of sp³-hybridized carbons (Fsp3) is 0.545. The van der Waals surface area contributed by atoms with Gasteiger partial charge in [-0.2, -0.15) is 0 Å². The van der Waals surface area contributed by atoms with Gasteiger partial charge in [0, 0.05) is 31.5 Å². The molecule has 0 spiro atoms. The minimum absolute atomic E-state index is 0.103. The van der Waals surface area contributed by atoms with Gasteiger partial charge >= 0.3 is 0 Å². The number of ether oxygens (including phenoxy) is 1. The van der Waals surface area contributed by atoms with E-state index in [-0.39, 0.29) is 12.2 Å². The molecule has 1 heterocycles. The van der Waals surface area contributed by atoms with Crippen molar-refractivity contribution < 1.29 is 9.84 Å². The zero-order valence-corrected chi connectivity index (χ0v) is 9.19. The Morgan fingerprint density at radius 3 is 2.80 bits per heavy atom. The molecule has 15 heavy (non-hydrogen) atoms. The third kappa shape index (κ3) is 2.91. The SMILES string of the molecule is COCCCn1c(C)ccc(CO)c1=O. The number of aryl methyl sites for hydroxylation is 1. The van der Waals surface area contributed by atoms with E-state index in [1.165, 1.54) is 0 Å². The molecule has 0 saturated carbocycles. The van der Waals surface area contributed by atoms with Crippen LogP contribution in [-0.4, -0.2) is 23.4 Å². The van der Waals surface area contributed by atoms with Crippen molar-refractivity contribution in [2.24, 2.45) is 0 Å². The second-order valence-corrected chi connectivity index (χ2v) is 3.46. The number of aliphatic hydroxyl groups excluding tert-OH is 1. The summed E-state index contributed by atoms with van der Waals surface area (Å²) < 4.78 is 6.61. The lowest BCUT2D eigenvalue weighted by molar-refractivity contribution is 0.189. The number of hydrogen-bond acceptors (Lipinski definition) is 3. The number of pyridine rings is 1. The second-order valence-electron chi connectivity index (χ2n) is 3.46. The second kappa shape index (κ2) is 5.68. The predicted octanol–water partition coefficient (Wildman–Crippen LogP) is 0.686. The molecule has 0 radical (unpaired) electrons. The molecule has 0 unspecified atom stereocenters. The highest BCUT2D eigenvalue weighted by atomic mass is 16.5. The van der Waals surface area contributed by atoms with E-state index in [1.807, 2.05) is 13.0 Å². The van der Waals surface area contributed by atoms with E-state index in [0.29, 0.717) is 18.7 Å². The molecule has 0 saturated heterocycles. The topological polar surface area (TPSA) is 51.5 Å². The van der Waals surface area contributed by atoms with Crippen LogP contribution in [0.25, 0.3) is 0 Å². The lowest BCUT2D eigenvalue weighted by atomic mass is 10.2. The van der Waals surface area contributed by atoms with Crippen molar-refractivity contribution >= 4 is 0 Å². The van der Waals surface area contributed by atoms with Gasteiger partial charge in [-0.15, -0.1) is 0 Å². The van der Waals surface area contributed by atoms with Gasteiger partial charge in [0.25, 0.3) is 5.56 Å². The minimum atomic E-state index is -0.205. The zero-order valence-electron chi connectivity index (χ0n) is 9.19. The monoisotopic (exact) mass is 211 g/mol. The van der Waals surface area contributed by atoms with Crippen LogP contribution in [0.5, 0.6) is 0 Å². The van der Waals surface area contributed by atoms with Gasteiger partial charge in [-0.05, 0) is 25.5 Å². The normalized spacial score (nSPS) is 10.6. The van der Waals surface area contributed by atoms with Crippen LogP contribution in [0.15, 0.2) is 16.9 Å². The average molecular weight is 211 g/mol. The number of hydrogen-bond donors (Lipinski definition) is 1.